The van der Waals surface area contributed by atoms with E-state index in [1.807, 2.05) is 75.4 Å². The van der Waals surface area contributed by atoms with E-state index in [1.165, 1.54) is 4.57 Å². The number of aromatic nitrogens is 2. The van der Waals surface area contributed by atoms with Crippen molar-refractivity contribution in [3.05, 3.63) is 97.8 Å². The van der Waals surface area contributed by atoms with Crippen molar-refractivity contribution in [1.82, 2.24) is 9.55 Å². The van der Waals surface area contributed by atoms with E-state index in [4.69, 9.17) is 9.47 Å². The third-order valence-corrected chi connectivity index (χ3v) is 5.21. The fourth-order valence-corrected chi connectivity index (χ4v) is 3.64. The van der Waals surface area contributed by atoms with Crippen LogP contribution in [0.1, 0.15) is 55.0 Å². The van der Waals surface area contributed by atoms with Crippen LogP contribution in [0.4, 0.5) is 0 Å². The molecule has 0 aliphatic carbocycles. The molecule has 158 valence electrons. The molecular weight excluding hydrogens is 380 g/mol. The molecule has 1 unspecified atom stereocenters. The summed E-state index contributed by atoms with van der Waals surface area (Å²) in [5, 5.41) is 0. The Balaban J connectivity index is 2.01. The number of H-pyrrole nitrogens is 1. The SMILES string of the molecule is COc1ccc(C(C)c2c(C(C)C)c(=O)[nH]c(=O)n2COCc2ccccc2)cc1. The van der Waals surface area contributed by atoms with Crippen LogP contribution in [0.15, 0.2) is 64.2 Å². The van der Waals surface area contributed by atoms with E-state index in [0.29, 0.717) is 17.9 Å². The van der Waals surface area contributed by atoms with E-state index in [1.54, 1.807) is 7.11 Å². The minimum absolute atomic E-state index is 0.0505. The van der Waals surface area contributed by atoms with Crippen molar-refractivity contribution in [2.45, 2.75) is 45.9 Å². The van der Waals surface area contributed by atoms with E-state index in [0.717, 1.165) is 16.9 Å². The van der Waals surface area contributed by atoms with Crippen molar-refractivity contribution >= 4 is 0 Å². The highest BCUT2D eigenvalue weighted by Crippen LogP contribution is 2.29. The van der Waals surface area contributed by atoms with Gasteiger partial charge in [-0.15, -0.1) is 0 Å². The average Bonchev–Trinajstić information content (AvgIpc) is 2.75. The molecule has 1 atom stereocenters. The molecule has 0 amide bonds. The van der Waals surface area contributed by atoms with Crippen LogP contribution in [-0.2, 0) is 18.1 Å². The highest BCUT2D eigenvalue weighted by molar-refractivity contribution is 5.36. The van der Waals surface area contributed by atoms with Crippen LogP contribution in [0.3, 0.4) is 0 Å². The average molecular weight is 408 g/mol. The predicted octanol–water partition coefficient (Wildman–Crippen LogP) is 3.99. The van der Waals surface area contributed by atoms with E-state index in [2.05, 4.69) is 4.98 Å². The number of aromatic amines is 1. The monoisotopic (exact) mass is 408 g/mol. The normalized spacial score (nSPS) is 12.2. The van der Waals surface area contributed by atoms with Crippen LogP contribution in [0, 0.1) is 0 Å². The van der Waals surface area contributed by atoms with Gasteiger partial charge in [-0.2, -0.15) is 0 Å². The van der Waals surface area contributed by atoms with E-state index >= 15 is 0 Å². The summed E-state index contributed by atoms with van der Waals surface area (Å²) in [7, 11) is 1.62. The van der Waals surface area contributed by atoms with Gasteiger partial charge >= 0.3 is 5.69 Å². The second-order valence-electron chi connectivity index (χ2n) is 7.60. The molecule has 0 saturated heterocycles. The summed E-state index contributed by atoms with van der Waals surface area (Å²) in [4.78, 5) is 27.8. The molecule has 6 heteroatoms. The number of hydrogen-bond donors (Lipinski definition) is 1. The predicted molar refractivity (Wildman–Crippen MR) is 117 cm³/mol. The Morgan fingerprint density at radius 2 is 1.63 bits per heavy atom. The minimum Gasteiger partial charge on any atom is -0.497 e. The van der Waals surface area contributed by atoms with E-state index < -0.39 is 5.69 Å². The van der Waals surface area contributed by atoms with Gasteiger partial charge in [-0.05, 0) is 29.2 Å². The number of benzene rings is 2. The summed E-state index contributed by atoms with van der Waals surface area (Å²) in [5.74, 6) is 0.526. The Bertz CT molecular complexity index is 1080. The van der Waals surface area contributed by atoms with Crippen LogP contribution in [0.25, 0.3) is 0 Å². The van der Waals surface area contributed by atoms with Crippen molar-refractivity contribution in [3.63, 3.8) is 0 Å². The fourth-order valence-electron chi connectivity index (χ4n) is 3.64. The maximum absolute atomic E-state index is 12.7. The number of nitrogens with zero attached hydrogens (tertiary/aromatic N) is 1. The molecule has 0 saturated carbocycles. The molecule has 0 fully saturated rings. The maximum atomic E-state index is 12.7. The molecule has 0 radical (unpaired) electrons. The van der Waals surface area contributed by atoms with Gasteiger partial charge in [0.25, 0.3) is 5.56 Å². The third kappa shape index (κ3) is 4.71. The van der Waals surface area contributed by atoms with Gasteiger partial charge in [0.05, 0.1) is 13.7 Å². The van der Waals surface area contributed by atoms with Crippen LogP contribution in [0.2, 0.25) is 0 Å². The lowest BCUT2D eigenvalue weighted by Crippen LogP contribution is -2.37. The minimum atomic E-state index is -0.465. The van der Waals surface area contributed by atoms with Gasteiger partial charge in [-0.25, -0.2) is 4.79 Å². The summed E-state index contributed by atoms with van der Waals surface area (Å²) in [6, 6.07) is 17.4. The number of hydrogen-bond acceptors (Lipinski definition) is 4. The second-order valence-corrected chi connectivity index (χ2v) is 7.60. The molecule has 1 aromatic heterocycles. The molecule has 6 nitrogen and oxygen atoms in total. The molecule has 0 aliphatic rings. The first-order valence-electron chi connectivity index (χ1n) is 10.0. The van der Waals surface area contributed by atoms with Crippen LogP contribution in [-0.4, -0.2) is 16.7 Å². The number of nitrogens with one attached hydrogen (secondary N) is 1. The molecule has 1 N–H and O–H groups in total. The van der Waals surface area contributed by atoms with E-state index in [-0.39, 0.29) is 24.1 Å². The van der Waals surface area contributed by atoms with Gasteiger partial charge in [0.2, 0.25) is 0 Å². The molecule has 0 bridgehead atoms. The van der Waals surface area contributed by atoms with Crippen LogP contribution < -0.4 is 16.0 Å². The van der Waals surface area contributed by atoms with Gasteiger partial charge < -0.3 is 9.47 Å². The summed E-state index contributed by atoms with van der Waals surface area (Å²) < 4.78 is 12.6. The summed E-state index contributed by atoms with van der Waals surface area (Å²) in [5.41, 5.74) is 2.47. The van der Waals surface area contributed by atoms with Gasteiger partial charge in [-0.1, -0.05) is 63.2 Å². The lowest BCUT2D eigenvalue weighted by atomic mass is 9.90. The van der Waals surface area contributed by atoms with Gasteiger partial charge in [0.1, 0.15) is 12.5 Å². The Morgan fingerprint density at radius 3 is 2.23 bits per heavy atom. The first-order valence-corrected chi connectivity index (χ1v) is 10.0. The first kappa shape index (κ1) is 21.6. The first-order chi connectivity index (χ1) is 14.4. The Hall–Kier alpha value is -3.12. The molecule has 2 aromatic carbocycles. The zero-order chi connectivity index (χ0) is 21.7. The van der Waals surface area contributed by atoms with Crippen molar-refractivity contribution in [2.75, 3.05) is 7.11 Å². The molecule has 3 aromatic rings. The molecule has 3 rings (SSSR count). The Labute approximate surface area is 176 Å². The second kappa shape index (κ2) is 9.59. The Kier molecular flexibility index (Phi) is 6.90. The van der Waals surface area contributed by atoms with Crippen molar-refractivity contribution in [1.29, 1.82) is 0 Å². The summed E-state index contributed by atoms with van der Waals surface area (Å²) in [6.45, 7) is 6.33. The highest BCUT2D eigenvalue weighted by Gasteiger charge is 2.23. The Morgan fingerprint density at radius 1 is 0.967 bits per heavy atom. The lowest BCUT2D eigenvalue weighted by molar-refractivity contribution is 0.0583. The van der Waals surface area contributed by atoms with Crippen molar-refractivity contribution in [2.24, 2.45) is 0 Å². The van der Waals surface area contributed by atoms with Gasteiger partial charge in [-0.3, -0.25) is 14.3 Å². The largest absolute Gasteiger partial charge is 0.497 e. The topological polar surface area (TPSA) is 73.3 Å². The van der Waals surface area contributed by atoms with Crippen molar-refractivity contribution < 1.29 is 9.47 Å². The maximum Gasteiger partial charge on any atom is 0.330 e. The molecule has 0 aliphatic heterocycles. The highest BCUT2D eigenvalue weighted by atomic mass is 16.5. The van der Waals surface area contributed by atoms with E-state index in [9.17, 15) is 9.59 Å². The smallest absolute Gasteiger partial charge is 0.330 e. The van der Waals surface area contributed by atoms with Gasteiger partial charge in [0.15, 0.2) is 0 Å². The number of rotatable bonds is 8. The van der Waals surface area contributed by atoms with Crippen molar-refractivity contribution in [3.8, 4) is 5.75 Å². The summed E-state index contributed by atoms with van der Waals surface area (Å²) in [6.07, 6.45) is 0. The molecule has 30 heavy (non-hydrogen) atoms. The molecular formula is C24H28N2O4. The molecule has 0 spiro atoms. The third-order valence-electron chi connectivity index (χ3n) is 5.21. The fraction of sp³-hybridized carbons (Fsp3) is 0.333. The standard InChI is InChI=1S/C24H28N2O4/c1-16(2)21-22(17(3)19-10-12-20(29-4)13-11-19)26(24(28)25-23(21)27)15-30-14-18-8-6-5-7-9-18/h5-13,16-17H,14-15H2,1-4H3,(H,25,27,28). The molecule has 1 heterocycles. The lowest BCUT2D eigenvalue weighted by Gasteiger charge is -2.23. The quantitative estimate of drug-likeness (QED) is 0.612. The zero-order valence-electron chi connectivity index (χ0n) is 17.8. The number of ether oxygens (including phenoxy) is 2. The number of methoxy groups -OCH3 is 1. The van der Waals surface area contributed by atoms with Crippen LogP contribution >= 0.6 is 0 Å². The summed E-state index contributed by atoms with van der Waals surface area (Å²) >= 11 is 0. The van der Waals surface area contributed by atoms with Gasteiger partial charge in [0, 0.05) is 17.2 Å². The zero-order valence-corrected chi connectivity index (χ0v) is 17.8. The van der Waals surface area contributed by atoms with Crippen LogP contribution in [0.5, 0.6) is 5.75 Å².